The number of nitrogens with one attached hydrogen (secondary N) is 1. The number of halogens is 1. The van der Waals surface area contributed by atoms with Gasteiger partial charge in [-0.15, -0.1) is 0 Å². The number of aromatic nitrogens is 2. The van der Waals surface area contributed by atoms with Crippen LogP contribution < -0.4 is 20.1 Å². The SMILES string of the molecule is C=C(N[N@]1C[C@]1(C)F)c1ccc2c(n1)N(C(=C)N(C)c1ccccn1)[C@H]1CCN2C1. The summed E-state index contributed by atoms with van der Waals surface area (Å²) in [5, 5.41) is 1.51. The number of anilines is 3. The molecular weight excluding hydrogens is 381 g/mol. The third kappa shape index (κ3) is 3.08. The Morgan fingerprint density at radius 2 is 2.10 bits per heavy atom. The predicted molar refractivity (Wildman–Crippen MR) is 118 cm³/mol. The molecule has 1 N–H and O–H groups in total. The number of nitrogens with zero attached hydrogens (tertiary/aromatic N) is 6. The Balaban J connectivity index is 1.47. The molecule has 30 heavy (non-hydrogen) atoms. The van der Waals surface area contributed by atoms with E-state index in [4.69, 9.17) is 4.98 Å². The van der Waals surface area contributed by atoms with Crippen molar-refractivity contribution in [1.82, 2.24) is 20.4 Å². The van der Waals surface area contributed by atoms with Crippen LogP contribution in [-0.2, 0) is 0 Å². The first-order chi connectivity index (χ1) is 14.3. The van der Waals surface area contributed by atoms with E-state index in [1.165, 1.54) is 11.9 Å². The van der Waals surface area contributed by atoms with Crippen molar-refractivity contribution in [2.45, 2.75) is 25.2 Å². The summed E-state index contributed by atoms with van der Waals surface area (Å²) in [6.07, 6.45) is 2.81. The molecule has 0 radical (unpaired) electrons. The average Bonchev–Trinajstić information content (AvgIpc) is 3.14. The minimum atomic E-state index is -1.33. The first kappa shape index (κ1) is 18.9. The monoisotopic (exact) mass is 407 g/mol. The second-order valence-corrected chi connectivity index (χ2v) is 8.28. The third-order valence-electron chi connectivity index (χ3n) is 6.10. The molecule has 3 aliphatic rings. The number of fused-ring (bicyclic) bond motifs is 4. The molecule has 2 bridgehead atoms. The van der Waals surface area contributed by atoms with Gasteiger partial charge in [-0.1, -0.05) is 19.2 Å². The van der Waals surface area contributed by atoms with Crippen LogP contribution in [0.25, 0.3) is 5.70 Å². The van der Waals surface area contributed by atoms with E-state index in [-0.39, 0.29) is 0 Å². The topological polar surface area (TPSA) is 50.5 Å². The molecule has 0 amide bonds. The molecule has 2 aromatic rings. The van der Waals surface area contributed by atoms with Crippen LogP contribution in [0.1, 0.15) is 19.0 Å². The molecule has 2 fully saturated rings. The molecule has 8 heteroatoms. The van der Waals surface area contributed by atoms with E-state index < -0.39 is 5.79 Å². The van der Waals surface area contributed by atoms with Gasteiger partial charge >= 0.3 is 0 Å². The Morgan fingerprint density at radius 1 is 1.30 bits per heavy atom. The van der Waals surface area contributed by atoms with Crippen molar-refractivity contribution in [3.8, 4) is 0 Å². The fourth-order valence-corrected chi connectivity index (χ4v) is 4.19. The summed E-state index contributed by atoms with van der Waals surface area (Å²) >= 11 is 0. The van der Waals surface area contributed by atoms with E-state index in [1.54, 1.807) is 6.20 Å². The lowest BCUT2D eigenvalue weighted by atomic mass is 10.1. The minimum absolute atomic E-state index is 0.293. The summed E-state index contributed by atoms with van der Waals surface area (Å²) in [6.45, 7) is 12.3. The molecule has 2 saturated heterocycles. The van der Waals surface area contributed by atoms with Crippen LogP contribution in [0.3, 0.4) is 0 Å². The van der Waals surface area contributed by atoms with Gasteiger partial charge in [0.05, 0.1) is 29.7 Å². The fraction of sp³-hybridized carbons (Fsp3) is 0.364. The molecule has 5 rings (SSSR count). The van der Waals surface area contributed by atoms with E-state index >= 15 is 0 Å². The predicted octanol–water partition coefficient (Wildman–Crippen LogP) is 2.96. The Labute approximate surface area is 176 Å². The lowest BCUT2D eigenvalue weighted by Gasteiger charge is -2.40. The van der Waals surface area contributed by atoms with Gasteiger partial charge in [0.25, 0.3) is 0 Å². The molecule has 156 valence electrons. The summed E-state index contributed by atoms with van der Waals surface area (Å²) in [7, 11) is 1.97. The summed E-state index contributed by atoms with van der Waals surface area (Å²) in [6, 6.07) is 10.1. The fourth-order valence-electron chi connectivity index (χ4n) is 4.19. The van der Waals surface area contributed by atoms with Gasteiger partial charge in [0, 0.05) is 26.3 Å². The molecule has 3 atom stereocenters. The van der Waals surface area contributed by atoms with E-state index in [9.17, 15) is 4.39 Å². The van der Waals surface area contributed by atoms with Crippen molar-refractivity contribution >= 4 is 23.0 Å². The number of hydrogen-bond donors (Lipinski definition) is 1. The first-order valence-electron chi connectivity index (χ1n) is 10.2. The number of rotatable bonds is 6. The highest BCUT2D eigenvalue weighted by Gasteiger charge is 2.49. The Hall–Kier alpha value is -3.13. The lowest BCUT2D eigenvalue weighted by Crippen LogP contribution is -2.46. The van der Waals surface area contributed by atoms with E-state index in [0.717, 1.165) is 42.7 Å². The van der Waals surface area contributed by atoms with Crippen molar-refractivity contribution < 1.29 is 4.39 Å². The van der Waals surface area contributed by atoms with Crippen LogP contribution in [-0.4, -0.2) is 53.5 Å². The minimum Gasteiger partial charge on any atom is -0.366 e. The van der Waals surface area contributed by atoms with Crippen molar-refractivity contribution in [1.29, 1.82) is 0 Å². The first-order valence-corrected chi connectivity index (χ1v) is 10.2. The van der Waals surface area contributed by atoms with Gasteiger partial charge in [0.2, 0.25) is 0 Å². The van der Waals surface area contributed by atoms with E-state index in [0.29, 0.717) is 24.0 Å². The summed E-state index contributed by atoms with van der Waals surface area (Å²) in [4.78, 5) is 15.9. The average molecular weight is 407 g/mol. The maximum atomic E-state index is 13.9. The Morgan fingerprint density at radius 3 is 2.80 bits per heavy atom. The van der Waals surface area contributed by atoms with Gasteiger partial charge in [-0.3, -0.25) is 0 Å². The van der Waals surface area contributed by atoms with Crippen LogP contribution >= 0.6 is 0 Å². The largest absolute Gasteiger partial charge is 0.366 e. The van der Waals surface area contributed by atoms with Gasteiger partial charge in [-0.05, 0) is 37.6 Å². The van der Waals surface area contributed by atoms with Gasteiger partial charge in [-0.2, -0.15) is 5.01 Å². The molecule has 0 unspecified atom stereocenters. The normalized spacial score (nSPS) is 26.2. The standard InChI is InChI=1S/C22H26FN7/c1-15(26-29-14-22(29,3)23)18-8-9-19-21(25-18)30(17-10-12-28(19)13-17)16(2)27(4)20-7-5-6-11-24-20/h5-9,11,17,26H,1-2,10,12-14H2,3-4H3/t17-,22+,29+/m0/s1. The smallest absolute Gasteiger partial charge is 0.192 e. The Bertz CT molecular complexity index is 1010. The number of hydrazine groups is 1. The second-order valence-electron chi connectivity index (χ2n) is 8.28. The maximum Gasteiger partial charge on any atom is 0.192 e. The van der Waals surface area contributed by atoms with E-state index in [2.05, 4.69) is 39.4 Å². The van der Waals surface area contributed by atoms with Gasteiger partial charge < -0.3 is 20.1 Å². The van der Waals surface area contributed by atoms with Crippen LogP contribution in [0.2, 0.25) is 0 Å². The summed E-state index contributed by atoms with van der Waals surface area (Å²) in [5.74, 6) is 1.18. The van der Waals surface area contributed by atoms with Crippen molar-refractivity contribution in [2.24, 2.45) is 0 Å². The van der Waals surface area contributed by atoms with Gasteiger partial charge in [-0.25, -0.2) is 14.4 Å². The zero-order valence-electron chi connectivity index (χ0n) is 17.3. The highest BCUT2D eigenvalue weighted by atomic mass is 19.1. The number of hydrogen-bond acceptors (Lipinski definition) is 7. The molecule has 0 aromatic carbocycles. The molecule has 0 aliphatic carbocycles. The zero-order valence-corrected chi connectivity index (χ0v) is 17.3. The molecular formula is C22H26FN7. The summed E-state index contributed by atoms with van der Waals surface area (Å²) in [5.41, 5.74) is 5.38. The number of pyridine rings is 2. The van der Waals surface area contributed by atoms with Crippen molar-refractivity contribution in [3.63, 3.8) is 0 Å². The maximum absolute atomic E-state index is 13.9. The van der Waals surface area contributed by atoms with Gasteiger partial charge in [0.15, 0.2) is 11.6 Å². The van der Waals surface area contributed by atoms with Crippen LogP contribution in [0.15, 0.2) is 55.5 Å². The molecule has 0 spiro atoms. The van der Waals surface area contributed by atoms with Crippen molar-refractivity contribution in [3.05, 3.63) is 61.2 Å². The lowest BCUT2D eigenvalue weighted by molar-refractivity contribution is 0.212. The molecule has 2 aromatic heterocycles. The zero-order chi connectivity index (χ0) is 21.0. The molecule has 5 heterocycles. The molecule has 7 nitrogen and oxygen atoms in total. The van der Waals surface area contributed by atoms with Gasteiger partial charge in [0.1, 0.15) is 11.6 Å². The molecule has 3 aliphatic heterocycles. The summed E-state index contributed by atoms with van der Waals surface area (Å²) < 4.78 is 13.9. The number of alkyl halides is 1. The van der Waals surface area contributed by atoms with Crippen LogP contribution in [0, 0.1) is 0 Å². The quantitative estimate of drug-likeness (QED) is 0.584. The molecule has 0 saturated carbocycles. The van der Waals surface area contributed by atoms with Crippen LogP contribution in [0.5, 0.6) is 0 Å². The highest BCUT2D eigenvalue weighted by Crippen LogP contribution is 2.42. The van der Waals surface area contributed by atoms with Crippen molar-refractivity contribution in [2.75, 3.05) is 41.4 Å². The third-order valence-corrected chi connectivity index (χ3v) is 6.10. The van der Waals surface area contributed by atoms with Crippen LogP contribution in [0.4, 0.5) is 21.7 Å². The van der Waals surface area contributed by atoms with E-state index in [1.807, 2.05) is 36.2 Å². The Kier molecular flexibility index (Phi) is 4.21. The highest BCUT2D eigenvalue weighted by molar-refractivity contribution is 5.77. The second kappa shape index (κ2) is 6.70.